The van der Waals surface area contributed by atoms with Crippen molar-refractivity contribution in [1.29, 1.82) is 0 Å². The van der Waals surface area contributed by atoms with Crippen molar-refractivity contribution in [1.82, 2.24) is 4.90 Å². The molecule has 0 spiro atoms. The predicted molar refractivity (Wildman–Crippen MR) is 111 cm³/mol. The van der Waals surface area contributed by atoms with Gasteiger partial charge in [-0.05, 0) is 31.2 Å². The number of nitro benzene ring substituents is 1. The first-order chi connectivity index (χ1) is 13.4. The van der Waals surface area contributed by atoms with Gasteiger partial charge < -0.3 is 10.2 Å². The summed E-state index contributed by atoms with van der Waals surface area (Å²) in [4.78, 5) is 27.2. The molecule has 0 bridgehead atoms. The van der Waals surface area contributed by atoms with Crippen LogP contribution in [-0.4, -0.2) is 48.0 Å². The fraction of sp³-hybridized carbons (Fsp3) is 0.316. The van der Waals surface area contributed by atoms with Crippen LogP contribution in [0.1, 0.15) is 6.92 Å². The molecule has 1 unspecified atom stereocenters. The number of nitro groups is 1. The van der Waals surface area contributed by atoms with Crippen molar-refractivity contribution in [2.75, 3.05) is 36.4 Å². The van der Waals surface area contributed by atoms with Crippen LogP contribution in [0, 0.1) is 10.1 Å². The van der Waals surface area contributed by atoms with Gasteiger partial charge in [-0.3, -0.25) is 19.8 Å². The van der Waals surface area contributed by atoms with Gasteiger partial charge in [0.05, 0.1) is 26.7 Å². The molecule has 1 aliphatic rings. The molecular weight excluding hydrogens is 403 g/mol. The maximum absolute atomic E-state index is 12.6. The van der Waals surface area contributed by atoms with E-state index in [-0.39, 0.29) is 17.6 Å². The van der Waals surface area contributed by atoms with Crippen molar-refractivity contribution >= 4 is 46.2 Å². The Morgan fingerprint density at radius 3 is 2.36 bits per heavy atom. The van der Waals surface area contributed by atoms with Gasteiger partial charge in [0, 0.05) is 44.0 Å². The lowest BCUT2D eigenvalue weighted by atomic mass is 10.2. The molecule has 28 heavy (non-hydrogen) atoms. The number of carbonyl (C=O) groups excluding carboxylic acids is 1. The van der Waals surface area contributed by atoms with Gasteiger partial charge in [-0.15, -0.1) is 0 Å². The molecule has 1 amide bonds. The van der Waals surface area contributed by atoms with Crippen LogP contribution in [-0.2, 0) is 4.79 Å². The summed E-state index contributed by atoms with van der Waals surface area (Å²) in [6.07, 6.45) is 0. The monoisotopic (exact) mass is 422 g/mol. The van der Waals surface area contributed by atoms with Crippen molar-refractivity contribution in [2.24, 2.45) is 0 Å². The van der Waals surface area contributed by atoms with E-state index in [9.17, 15) is 14.9 Å². The first kappa shape index (κ1) is 20.4. The highest BCUT2D eigenvalue weighted by Crippen LogP contribution is 2.30. The summed E-state index contributed by atoms with van der Waals surface area (Å²) < 4.78 is 0. The Kier molecular flexibility index (Phi) is 6.39. The van der Waals surface area contributed by atoms with Gasteiger partial charge in [-0.2, -0.15) is 0 Å². The van der Waals surface area contributed by atoms with Crippen LogP contribution >= 0.6 is 23.2 Å². The Hall–Kier alpha value is -2.35. The highest BCUT2D eigenvalue weighted by molar-refractivity contribution is 6.44. The van der Waals surface area contributed by atoms with E-state index in [2.05, 4.69) is 15.1 Å². The van der Waals surface area contributed by atoms with Gasteiger partial charge in [-0.25, -0.2) is 0 Å². The Bertz CT molecular complexity index is 868. The third-order valence-electron chi connectivity index (χ3n) is 4.88. The van der Waals surface area contributed by atoms with E-state index in [1.165, 1.54) is 12.1 Å². The number of nitrogens with one attached hydrogen (secondary N) is 1. The molecule has 0 aromatic heterocycles. The summed E-state index contributed by atoms with van der Waals surface area (Å²) in [5, 5.41) is 14.3. The number of carbonyl (C=O) groups is 1. The fourth-order valence-corrected chi connectivity index (χ4v) is 3.50. The molecular formula is C19H20Cl2N4O3. The minimum Gasteiger partial charge on any atom is -0.369 e. The molecule has 1 atom stereocenters. The summed E-state index contributed by atoms with van der Waals surface area (Å²) in [5.74, 6) is -0.145. The molecule has 1 aliphatic heterocycles. The summed E-state index contributed by atoms with van der Waals surface area (Å²) in [5.41, 5.74) is 1.51. The van der Waals surface area contributed by atoms with Gasteiger partial charge in [0.1, 0.15) is 0 Å². The first-order valence-electron chi connectivity index (χ1n) is 8.85. The lowest BCUT2D eigenvalue weighted by molar-refractivity contribution is -0.384. The SMILES string of the molecule is CC(C(=O)Nc1cccc(Cl)c1Cl)N1CCN(c2ccc([N+](=O)[O-])cc2)CC1. The topological polar surface area (TPSA) is 78.7 Å². The van der Waals surface area contributed by atoms with Gasteiger partial charge in [0.15, 0.2) is 0 Å². The maximum atomic E-state index is 12.6. The van der Waals surface area contributed by atoms with Crippen LogP contribution in [0.15, 0.2) is 42.5 Å². The van der Waals surface area contributed by atoms with E-state index in [0.717, 1.165) is 18.8 Å². The second-order valence-electron chi connectivity index (χ2n) is 6.56. The molecule has 9 heteroatoms. The largest absolute Gasteiger partial charge is 0.369 e. The molecule has 1 heterocycles. The standard InChI is InChI=1S/C19H20Cl2N4O3/c1-13(19(26)22-17-4-2-3-16(20)18(17)21)23-9-11-24(12-10-23)14-5-7-15(8-6-14)25(27)28/h2-8,13H,9-12H2,1H3,(H,22,26). The van der Waals surface area contributed by atoms with Crippen LogP contribution in [0.25, 0.3) is 0 Å². The van der Waals surface area contributed by atoms with E-state index in [0.29, 0.717) is 28.8 Å². The minimum atomic E-state index is -0.409. The predicted octanol–water partition coefficient (Wildman–Crippen LogP) is 4.05. The normalized spacial score (nSPS) is 15.9. The smallest absolute Gasteiger partial charge is 0.269 e. The molecule has 2 aromatic carbocycles. The third-order valence-corrected chi connectivity index (χ3v) is 5.70. The van der Waals surface area contributed by atoms with Crippen molar-refractivity contribution in [3.05, 3.63) is 62.6 Å². The van der Waals surface area contributed by atoms with Gasteiger partial charge in [-0.1, -0.05) is 29.3 Å². The maximum Gasteiger partial charge on any atom is 0.269 e. The Morgan fingerprint density at radius 1 is 1.11 bits per heavy atom. The third kappa shape index (κ3) is 4.55. The van der Waals surface area contributed by atoms with Crippen LogP contribution in [0.2, 0.25) is 10.0 Å². The number of anilines is 2. The van der Waals surface area contributed by atoms with Crippen molar-refractivity contribution in [3.8, 4) is 0 Å². The Labute approximate surface area is 173 Å². The van der Waals surface area contributed by atoms with Gasteiger partial charge in [0.25, 0.3) is 5.69 Å². The number of halogens is 2. The number of piperazine rings is 1. The molecule has 1 saturated heterocycles. The number of amides is 1. The number of non-ortho nitro benzene ring substituents is 1. The molecule has 0 aliphatic carbocycles. The molecule has 1 fully saturated rings. The van der Waals surface area contributed by atoms with Crippen molar-refractivity contribution in [2.45, 2.75) is 13.0 Å². The van der Waals surface area contributed by atoms with Crippen LogP contribution in [0.3, 0.4) is 0 Å². The lowest BCUT2D eigenvalue weighted by Gasteiger charge is -2.38. The van der Waals surface area contributed by atoms with Crippen LogP contribution < -0.4 is 10.2 Å². The zero-order valence-electron chi connectivity index (χ0n) is 15.3. The average Bonchev–Trinajstić information content (AvgIpc) is 2.71. The van der Waals surface area contributed by atoms with E-state index >= 15 is 0 Å². The first-order valence-corrected chi connectivity index (χ1v) is 9.60. The van der Waals surface area contributed by atoms with Crippen LogP contribution in [0.4, 0.5) is 17.1 Å². The molecule has 2 aromatic rings. The van der Waals surface area contributed by atoms with Crippen molar-refractivity contribution in [3.63, 3.8) is 0 Å². The molecule has 0 radical (unpaired) electrons. The molecule has 0 saturated carbocycles. The zero-order valence-corrected chi connectivity index (χ0v) is 16.8. The number of rotatable bonds is 5. The summed E-state index contributed by atoms with van der Waals surface area (Å²) in [6.45, 7) is 4.72. The van der Waals surface area contributed by atoms with E-state index < -0.39 is 4.92 Å². The van der Waals surface area contributed by atoms with Gasteiger partial charge >= 0.3 is 0 Å². The second kappa shape index (κ2) is 8.77. The van der Waals surface area contributed by atoms with E-state index in [4.69, 9.17) is 23.2 Å². The zero-order chi connectivity index (χ0) is 20.3. The average molecular weight is 423 g/mol. The second-order valence-corrected chi connectivity index (χ2v) is 7.35. The Morgan fingerprint density at radius 2 is 1.75 bits per heavy atom. The fourth-order valence-electron chi connectivity index (χ4n) is 3.16. The summed E-state index contributed by atoms with van der Waals surface area (Å²) >= 11 is 12.1. The highest BCUT2D eigenvalue weighted by Gasteiger charge is 2.26. The highest BCUT2D eigenvalue weighted by atomic mass is 35.5. The van der Waals surface area contributed by atoms with Crippen molar-refractivity contribution < 1.29 is 9.72 Å². The van der Waals surface area contributed by atoms with E-state index in [1.54, 1.807) is 30.3 Å². The number of nitrogens with zero attached hydrogens (tertiary/aromatic N) is 3. The summed E-state index contributed by atoms with van der Waals surface area (Å²) in [6, 6.07) is 11.3. The summed E-state index contributed by atoms with van der Waals surface area (Å²) in [7, 11) is 0. The molecule has 7 nitrogen and oxygen atoms in total. The quantitative estimate of drug-likeness (QED) is 0.580. The molecule has 1 N–H and O–H groups in total. The number of hydrogen-bond acceptors (Lipinski definition) is 5. The van der Waals surface area contributed by atoms with Gasteiger partial charge in [0.2, 0.25) is 5.91 Å². The minimum absolute atomic E-state index is 0.0763. The molecule has 3 rings (SSSR count). The number of hydrogen-bond donors (Lipinski definition) is 1. The van der Waals surface area contributed by atoms with E-state index in [1.807, 2.05) is 6.92 Å². The lowest BCUT2D eigenvalue weighted by Crippen LogP contribution is -2.52. The van der Waals surface area contributed by atoms with Crippen LogP contribution in [0.5, 0.6) is 0 Å². The molecule has 148 valence electrons. The Balaban J connectivity index is 1.57. The number of benzene rings is 2.